The predicted octanol–water partition coefficient (Wildman–Crippen LogP) is -5.83. The Hall–Kier alpha value is -0.785. The lowest BCUT2D eigenvalue weighted by Crippen LogP contribution is -2.65. The standard InChI is InChI=1S/C6H14BNO9/c8-6(15,5(13)14)3(11)1(9)2(10)4(12)7(16)17/h1-4,9-12,15-17H,8H2,(H,13,14)/t1?,2?,3?,4?,6-/m0/s1. The second-order valence-corrected chi connectivity index (χ2v) is 3.46. The lowest BCUT2D eigenvalue weighted by atomic mass is 9.76. The van der Waals surface area contributed by atoms with E-state index in [2.05, 4.69) is 0 Å². The molecule has 0 fully saturated rings. The highest BCUT2D eigenvalue weighted by atomic mass is 16.4. The van der Waals surface area contributed by atoms with Gasteiger partial charge >= 0.3 is 13.1 Å². The number of aliphatic hydroxyl groups is 5. The van der Waals surface area contributed by atoms with E-state index in [1.165, 1.54) is 0 Å². The van der Waals surface area contributed by atoms with Crippen molar-refractivity contribution in [1.29, 1.82) is 0 Å². The molecule has 0 saturated heterocycles. The van der Waals surface area contributed by atoms with Crippen LogP contribution >= 0.6 is 0 Å². The molecule has 11 heteroatoms. The lowest BCUT2D eigenvalue weighted by Gasteiger charge is -2.31. The zero-order chi connectivity index (χ0) is 14.0. The first-order valence-corrected chi connectivity index (χ1v) is 4.36. The molecule has 0 rings (SSSR count). The van der Waals surface area contributed by atoms with Crippen LogP contribution in [-0.2, 0) is 4.79 Å². The summed E-state index contributed by atoms with van der Waals surface area (Å²) in [4.78, 5) is 10.4. The van der Waals surface area contributed by atoms with Crippen LogP contribution in [0.4, 0.5) is 0 Å². The monoisotopic (exact) mass is 255 g/mol. The summed E-state index contributed by atoms with van der Waals surface area (Å²) in [5, 5.41) is 70.8. The van der Waals surface area contributed by atoms with Crippen molar-refractivity contribution in [1.82, 2.24) is 0 Å². The molecule has 10 nitrogen and oxygen atoms in total. The molecule has 0 aliphatic carbocycles. The minimum atomic E-state index is -3.28. The molecule has 0 spiro atoms. The van der Waals surface area contributed by atoms with E-state index in [4.69, 9.17) is 36.2 Å². The van der Waals surface area contributed by atoms with Crippen molar-refractivity contribution >= 4 is 13.1 Å². The molecule has 0 radical (unpaired) electrons. The first-order valence-electron chi connectivity index (χ1n) is 4.36. The Morgan fingerprint density at radius 1 is 1.12 bits per heavy atom. The molecule has 0 aromatic rings. The summed E-state index contributed by atoms with van der Waals surface area (Å²) in [6.07, 6.45) is -7.32. The van der Waals surface area contributed by atoms with Gasteiger partial charge in [0.05, 0.1) is 0 Å². The van der Waals surface area contributed by atoms with Crippen molar-refractivity contribution in [2.45, 2.75) is 30.0 Å². The van der Waals surface area contributed by atoms with Gasteiger partial charge in [0.2, 0.25) is 5.72 Å². The normalized spacial score (nSPS) is 22.1. The van der Waals surface area contributed by atoms with E-state index in [0.29, 0.717) is 0 Å². The van der Waals surface area contributed by atoms with Crippen molar-refractivity contribution in [3.63, 3.8) is 0 Å². The molecule has 0 heterocycles. The maximum absolute atomic E-state index is 10.4. The van der Waals surface area contributed by atoms with Gasteiger partial charge in [-0.25, -0.2) is 4.79 Å². The first-order chi connectivity index (χ1) is 7.53. The van der Waals surface area contributed by atoms with Gasteiger partial charge in [-0.2, -0.15) is 0 Å². The Kier molecular flexibility index (Phi) is 5.44. The van der Waals surface area contributed by atoms with Crippen LogP contribution in [0, 0.1) is 0 Å². The summed E-state index contributed by atoms with van der Waals surface area (Å²) in [6, 6.07) is -2.29. The molecular formula is C6H14BNO9. The van der Waals surface area contributed by atoms with Crippen molar-refractivity contribution < 1.29 is 45.5 Å². The van der Waals surface area contributed by atoms with Crippen LogP contribution in [0.1, 0.15) is 0 Å². The van der Waals surface area contributed by atoms with Crippen LogP contribution in [0.5, 0.6) is 0 Å². The van der Waals surface area contributed by atoms with E-state index in [1.54, 1.807) is 0 Å². The maximum Gasteiger partial charge on any atom is 0.485 e. The molecule has 0 aromatic heterocycles. The number of aliphatic hydroxyl groups excluding tert-OH is 4. The molecule has 5 atom stereocenters. The highest BCUT2D eigenvalue weighted by Gasteiger charge is 2.48. The van der Waals surface area contributed by atoms with Gasteiger partial charge in [0.25, 0.3) is 0 Å². The number of hydrogen-bond donors (Lipinski definition) is 9. The van der Waals surface area contributed by atoms with Gasteiger partial charge in [0.1, 0.15) is 24.3 Å². The maximum atomic E-state index is 10.4. The topological polar surface area (TPSA) is 205 Å². The minimum Gasteiger partial charge on any atom is -0.478 e. The summed E-state index contributed by atoms with van der Waals surface area (Å²) in [6.45, 7) is 0. The number of carbonyl (C=O) groups is 1. The SMILES string of the molecule is N[C@@](O)(C(=O)O)C(O)C(O)C(O)C(O)B(O)O. The second-order valence-electron chi connectivity index (χ2n) is 3.46. The van der Waals surface area contributed by atoms with Crippen LogP contribution in [0.3, 0.4) is 0 Å². The van der Waals surface area contributed by atoms with Crippen LogP contribution in [0.2, 0.25) is 0 Å². The summed E-state index contributed by atoms with van der Waals surface area (Å²) in [7, 11) is -2.44. The van der Waals surface area contributed by atoms with E-state index in [0.717, 1.165) is 0 Å². The molecule has 10 N–H and O–H groups in total. The van der Waals surface area contributed by atoms with Crippen molar-refractivity contribution in [3.05, 3.63) is 0 Å². The third kappa shape index (κ3) is 3.59. The largest absolute Gasteiger partial charge is 0.485 e. The summed E-state index contributed by atoms with van der Waals surface area (Å²) < 4.78 is 0. The van der Waals surface area contributed by atoms with Crippen LogP contribution < -0.4 is 5.73 Å². The number of rotatable bonds is 6. The smallest absolute Gasteiger partial charge is 0.478 e. The van der Waals surface area contributed by atoms with Crippen LogP contribution in [0.25, 0.3) is 0 Å². The average molecular weight is 255 g/mol. The molecule has 100 valence electrons. The quantitative estimate of drug-likeness (QED) is 0.162. The molecule has 0 bridgehead atoms. The van der Waals surface area contributed by atoms with Gasteiger partial charge in [-0.1, -0.05) is 0 Å². The fourth-order valence-electron chi connectivity index (χ4n) is 0.952. The van der Waals surface area contributed by atoms with Gasteiger partial charge in [-0.05, 0) is 0 Å². The third-order valence-electron chi connectivity index (χ3n) is 2.12. The van der Waals surface area contributed by atoms with Crippen LogP contribution in [-0.4, -0.2) is 83.8 Å². The third-order valence-corrected chi connectivity index (χ3v) is 2.12. The number of aliphatic carboxylic acids is 1. The number of hydrogen-bond acceptors (Lipinski definition) is 9. The second kappa shape index (κ2) is 5.70. The Bertz CT molecular complexity index is 272. The van der Waals surface area contributed by atoms with E-state index in [1.807, 2.05) is 0 Å². The van der Waals surface area contributed by atoms with Gasteiger partial charge in [-0.3, -0.25) is 5.73 Å². The number of carboxylic acids is 1. The Labute approximate surface area is 95.3 Å². The Balaban J connectivity index is 4.82. The molecule has 0 aromatic carbocycles. The predicted molar refractivity (Wildman–Crippen MR) is 51.0 cm³/mol. The molecule has 0 aliphatic rings. The summed E-state index contributed by atoms with van der Waals surface area (Å²) in [5.74, 6) is -2.09. The van der Waals surface area contributed by atoms with Gasteiger partial charge in [-0.15, -0.1) is 0 Å². The van der Waals surface area contributed by atoms with E-state index >= 15 is 0 Å². The highest BCUT2D eigenvalue weighted by Crippen LogP contribution is 2.13. The number of carboxylic acid groups (broad SMARTS) is 1. The molecule has 0 saturated carbocycles. The molecular weight excluding hydrogens is 241 g/mol. The minimum absolute atomic E-state index is 2.09. The molecule has 0 aliphatic heterocycles. The Morgan fingerprint density at radius 2 is 1.53 bits per heavy atom. The molecule has 17 heavy (non-hydrogen) atoms. The lowest BCUT2D eigenvalue weighted by molar-refractivity contribution is -0.191. The summed E-state index contributed by atoms with van der Waals surface area (Å²) in [5.41, 5.74) is 1.47. The van der Waals surface area contributed by atoms with Gasteiger partial charge in [0, 0.05) is 0 Å². The van der Waals surface area contributed by atoms with E-state index in [-0.39, 0.29) is 0 Å². The Morgan fingerprint density at radius 3 is 1.82 bits per heavy atom. The van der Waals surface area contributed by atoms with E-state index < -0.39 is 43.1 Å². The van der Waals surface area contributed by atoms with Gasteiger partial charge in [0.15, 0.2) is 0 Å². The average Bonchev–Trinajstić information content (AvgIpc) is 2.24. The molecule has 0 amide bonds. The highest BCUT2D eigenvalue weighted by molar-refractivity contribution is 6.42. The molecule has 4 unspecified atom stereocenters. The fraction of sp³-hybridized carbons (Fsp3) is 0.833. The van der Waals surface area contributed by atoms with Crippen LogP contribution in [0.15, 0.2) is 0 Å². The summed E-state index contributed by atoms with van der Waals surface area (Å²) >= 11 is 0. The van der Waals surface area contributed by atoms with Crippen molar-refractivity contribution in [2.24, 2.45) is 5.73 Å². The van der Waals surface area contributed by atoms with E-state index in [9.17, 15) is 15.0 Å². The fourth-order valence-corrected chi connectivity index (χ4v) is 0.952. The van der Waals surface area contributed by atoms with Crippen molar-refractivity contribution in [2.75, 3.05) is 0 Å². The van der Waals surface area contributed by atoms with Gasteiger partial charge < -0.3 is 40.7 Å². The van der Waals surface area contributed by atoms with Crippen molar-refractivity contribution in [3.8, 4) is 0 Å². The first kappa shape index (κ1) is 16.2. The zero-order valence-electron chi connectivity index (χ0n) is 8.45. The number of nitrogens with two attached hydrogens (primary N) is 1. The zero-order valence-corrected chi connectivity index (χ0v) is 8.45.